The Kier molecular flexibility index (Phi) is 4.95. The van der Waals surface area contributed by atoms with Gasteiger partial charge in [-0.25, -0.2) is 4.79 Å². The molecule has 0 aliphatic rings. The monoisotopic (exact) mass is 320 g/mol. The Morgan fingerprint density at radius 3 is 2.74 bits per heavy atom. The number of carbonyl (C=O) groups excluding carboxylic acids is 1. The lowest BCUT2D eigenvalue weighted by Crippen LogP contribution is -2.40. The van der Waals surface area contributed by atoms with Gasteiger partial charge in [0.1, 0.15) is 11.6 Å². The van der Waals surface area contributed by atoms with Gasteiger partial charge in [0.15, 0.2) is 5.76 Å². The number of rotatable bonds is 7. The first-order valence-corrected chi connectivity index (χ1v) is 7.14. The highest BCUT2D eigenvalue weighted by Crippen LogP contribution is 2.24. The molecular formula is C15H16N2O6. The van der Waals surface area contributed by atoms with Crippen LogP contribution in [0.25, 0.3) is 11.0 Å². The molecule has 1 aromatic carbocycles. The normalized spacial score (nSPS) is 12.0. The van der Waals surface area contributed by atoms with E-state index in [1.54, 1.807) is 0 Å². The second-order valence-electron chi connectivity index (χ2n) is 5.10. The summed E-state index contributed by atoms with van der Waals surface area (Å²) in [5.41, 5.74) is 0.206. The molecular weight excluding hydrogens is 304 g/mol. The average Bonchev–Trinajstić information content (AvgIpc) is 2.93. The van der Waals surface area contributed by atoms with Gasteiger partial charge in [-0.15, -0.1) is 0 Å². The summed E-state index contributed by atoms with van der Waals surface area (Å²) in [5.74, 6) is -1.85. The van der Waals surface area contributed by atoms with E-state index in [0.717, 1.165) is 6.42 Å². The quantitative estimate of drug-likeness (QED) is 0.597. The van der Waals surface area contributed by atoms with Crippen LogP contribution in [-0.2, 0) is 4.79 Å². The second kappa shape index (κ2) is 6.91. The largest absolute Gasteiger partial charge is 0.480 e. The smallest absolute Gasteiger partial charge is 0.326 e. The fourth-order valence-corrected chi connectivity index (χ4v) is 2.15. The van der Waals surface area contributed by atoms with E-state index in [1.165, 1.54) is 24.3 Å². The molecule has 8 nitrogen and oxygen atoms in total. The first kappa shape index (κ1) is 16.5. The summed E-state index contributed by atoms with van der Waals surface area (Å²) in [6.45, 7) is 1.92. The maximum atomic E-state index is 12.1. The number of unbranched alkanes of at least 4 members (excludes halogenated alkanes) is 1. The van der Waals surface area contributed by atoms with Gasteiger partial charge in [-0.1, -0.05) is 19.8 Å². The second-order valence-corrected chi connectivity index (χ2v) is 5.10. The number of nitro benzene ring substituents is 1. The molecule has 0 fully saturated rings. The molecule has 0 saturated heterocycles. The van der Waals surface area contributed by atoms with Crippen LogP contribution in [0.15, 0.2) is 28.7 Å². The van der Waals surface area contributed by atoms with Crippen molar-refractivity contribution in [1.29, 1.82) is 0 Å². The van der Waals surface area contributed by atoms with Crippen molar-refractivity contribution in [2.24, 2.45) is 0 Å². The van der Waals surface area contributed by atoms with Gasteiger partial charge in [-0.2, -0.15) is 0 Å². The molecule has 1 aromatic heterocycles. The molecule has 0 radical (unpaired) electrons. The summed E-state index contributed by atoms with van der Waals surface area (Å²) < 4.78 is 5.32. The molecule has 2 N–H and O–H groups in total. The van der Waals surface area contributed by atoms with Crippen LogP contribution in [-0.4, -0.2) is 27.9 Å². The number of nitro groups is 1. The third kappa shape index (κ3) is 3.85. The zero-order valence-electron chi connectivity index (χ0n) is 12.4. The number of aliphatic carboxylic acids is 1. The zero-order valence-corrected chi connectivity index (χ0v) is 12.4. The Balaban J connectivity index is 2.20. The number of carbonyl (C=O) groups is 2. The van der Waals surface area contributed by atoms with Crippen LogP contribution in [0.2, 0.25) is 0 Å². The van der Waals surface area contributed by atoms with Crippen LogP contribution in [0.4, 0.5) is 5.69 Å². The van der Waals surface area contributed by atoms with Gasteiger partial charge < -0.3 is 14.8 Å². The lowest BCUT2D eigenvalue weighted by atomic mass is 10.1. The summed E-state index contributed by atoms with van der Waals surface area (Å²) in [7, 11) is 0. The van der Waals surface area contributed by atoms with Gasteiger partial charge in [-0.3, -0.25) is 14.9 Å². The number of carboxylic acids is 1. The van der Waals surface area contributed by atoms with Gasteiger partial charge >= 0.3 is 5.97 Å². The highest BCUT2D eigenvalue weighted by atomic mass is 16.6. The minimum Gasteiger partial charge on any atom is -0.480 e. The maximum Gasteiger partial charge on any atom is 0.326 e. The van der Waals surface area contributed by atoms with Crippen molar-refractivity contribution in [2.75, 3.05) is 0 Å². The van der Waals surface area contributed by atoms with E-state index < -0.39 is 22.8 Å². The molecule has 1 unspecified atom stereocenters. The molecule has 2 rings (SSSR count). The fourth-order valence-electron chi connectivity index (χ4n) is 2.15. The Morgan fingerprint density at radius 1 is 1.39 bits per heavy atom. The number of hydrogen-bond donors (Lipinski definition) is 2. The zero-order chi connectivity index (χ0) is 17.0. The van der Waals surface area contributed by atoms with Gasteiger partial charge in [0, 0.05) is 17.5 Å². The third-order valence-electron chi connectivity index (χ3n) is 3.38. The van der Waals surface area contributed by atoms with E-state index in [-0.39, 0.29) is 11.4 Å². The van der Waals surface area contributed by atoms with Crippen molar-refractivity contribution in [3.05, 3.63) is 40.1 Å². The van der Waals surface area contributed by atoms with E-state index in [9.17, 15) is 19.7 Å². The summed E-state index contributed by atoms with van der Waals surface area (Å²) in [4.78, 5) is 33.4. The molecule has 23 heavy (non-hydrogen) atoms. The predicted molar refractivity (Wildman–Crippen MR) is 81.3 cm³/mol. The van der Waals surface area contributed by atoms with Gasteiger partial charge in [-0.05, 0) is 18.6 Å². The van der Waals surface area contributed by atoms with Crippen LogP contribution in [0.3, 0.4) is 0 Å². The lowest BCUT2D eigenvalue weighted by Gasteiger charge is -2.12. The van der Waals surface area contributed by atoms with Gasteiger partial charge in [0.25, 0.3) is 11.6 Å². The number of benzene rings is 1. The van der Waals surface area contributed by atoms with E-state index in [1.807, 2.05) is 6.92 Å². The summed E-state index contributed by atoms with van der Waals surface area (Å²) >= 11 is 0. The molecule has 0 aliphatic heterocycles. The lowest BCUT2D eigenvalue weighted by molar-refractivity contribution is -0.384. The average molecular weight is 320 g/mol. The molecule has 1 atom stereocenters. The number of furan rings is 1. The SMILES string of the molecule is CCCCC(NC(=O)c1cc2cc([N+](=O)[O-])ccc2o1)C(=O)O. The third-order valence-corrected chi connectivity index (χ3v) is 3.38. The van der Waals surface area contributed by atoms with Crippen LogP contribution in [0.1, 0.15) is 36.7 Å². The Bertz CT molecular complexity index is 752. The van der Waals surface area contributed by atoms with Crippen LogP contribution in [0.5, 0.6) is 0 Å². The molecule has 0 spiro atoms. The molecule has 8 heteroatoms. The van der Waals surface area contributed by atoms with E-state index in [2.05, 4.69) is 5.32 Å². The molecule has 1 heterocycles. The topological polar surface area (TPSA) is 123 Å². The molecule has 122 valence electrons. The van der Waals surface area contributed by atoms with Crippen molar-refractivity contribution >= 4 is 28.5 Å². The number of nitrogens with zero attached hydrogens (tertiary/aromatic N) is 1. The van der Waals surface area contributed by atoms with E-state index >= 15 is 0 Å². The Labute approximate surface area is 131 Å². The van der Waals surface area contributed by atoms with Crippen LogP contribution in [0, 0.1) is 10.1 Å². The predicted octanol–water partition coefficient (Wildman–Crippen LogP) is 2.71. The first-order valence-electron chi connectivity index (χ1n) is 7.14. The van der Waals surface area contributed by atoms with Gasteiger partial charge in [0.05, 0.1) is 4.92 Å². The molecule has 0 saturated carbocycles. The summed E-state index contributed by atoms with van der Waals surface area (Å²) in [5, 5.41) is 22.7. The minimum absolute atomic E-state index is 0.0803. The molecule has 0 aliphatic carbocycles. The van der Waals surface area contributed by atoms with Crippen molar-refractivity contribution in [3.63, 3.8) is 0 Å². The summed E-state index contributed by atoms with van der Waals surface area (Å²) in [6.07, 6.45) is 1.81. The number of hydrogen-bond acceptors (Lipinski definition) is 5. The van der Waals surface area contributed by atoms with Crippen molar-refractivity contribution < 1.29 is 24.0 Å². The Hall–Kier alpha value is -2.90. The number of fused-ring (bicyclic) bond motifs is 1. The molecule has 0 bridgehead atoms. The summed E-state index contributed by atoms with van der Waals surface area (Å²) in [6, 6.07) is 4.33. The minimum atomic E-state index is -1.11. The maximum absolute atomic E-state index is 12.1. The Morgan fingerprint density at radius 2 is 2.13 bits per heavy atom. The standard InChI is InChI=1S/C15H16N2O6/c1-2-3-4-11(15(19)20)16-14(18)13-8-9-7-10(17(21)22)5-6-12(9)23-13/h5-8,11H,2-4H2,1H3,(H,16,18)(H,19,20). The van der Waals surface area contributed by atoms with Crippen molar-refractivity contribution in [1.82, 2.24) is 5.32 Å². The van der Waals surface area contributed by atoms with Crippen molar-refractivity contribution in [2.45, 2.75) is 32.2 Å². The molecule has 2 aromatic rings. The van der Waals surface area contributed by atoms with Crippen molar-refractivity contribution in [3.8, 4) is 0 Å². The van der Waals surface area contributed by atoms with Crippen LogP contribution < -0.4 is 5.32 Å². The number of amides is 1. The number of non-ortho nitro benzene ring substituents is 1. The molecule has 1 amide bonds. The highest BCUT2D eigenvalue weighted by molar-refractivity contribution is 5.98. The van der Waals surface area contributed by atoms with Crippen LogP contribution >= 0.6 is 0 Å². The fraction of sp³-hybridized carbons (Fsp3) is 0.333. The highest BCUT2D eigenvalue weighted by Gasteiger charge is 2.22. The number of carboxylic acid groups (broad SMARTS) is 1. The van der Waals surface area contributed by atoms with E-state index in [0.29, 0.717) is 23.8 Å². The van der Waals surface area contributed by atoms with E-state index in [4.69, 9.17) is 9.52 Å². The van der Waals surface area contributed by atoms with Gasteiger partial charge in [0.2, 0.25) is 0 Å². The first-order chi connectivity index (χ1) is 10.9. The number of nitrogens with one attached hydrogen (secondary N) is 1.